The normalized spacial score (nSPS) is 27.7. The summed E-state index contributed by atoms with van der Waals surface area (Å²) >= 11 is 0. The van der Waals surface area contributed by atoms with Gasteiger partial charge in [-0.2, -0.15) is 9.04 Å². The van der Waals surface area contributed by atoms with Crippen LogP contribution in [0.1, 0.15) is 6.42 Å². The minimum atomic E-state index is -3.80. The van der Waals surface area contributed by atoms with Crippen LogP contribution in [0.2, 0.25) is 0 Å². The number of nitrogens with one attached hydrogen (secondary N) is 1. The van der Waals surface area contributed by atoms with Crippen molar-refractivity contribution in [1.29, 1.82) is 0 Å². The van der Waals surface area contributed by atoms with Crippen LogP contribution in [0.5, 0.6) is 0 Å². The molecule has 3 rings (SSSR count). The molecule has 7 nitrogen and oxygen atoms in total. The Morgan fingerprint density at radius 1 is 1.47 bits per heavy atom. The average Bonchev–Trinajstić information content (AvgIpc) is 2.94. The van der Waals surface area contributed by atoms with E-state index in [1.807, 2.05) is 0 Å². The number of ketones is 1. The number of aromatic nitrogens is 1. The molecule has 1 N–H and O–H groups in total. The van der Waals surface area contributed by atoms with Crippen LogP contribution in [0.25, 0.3) is 0 Å². The van der Waals surface area contributed by atoms with Crippen LogP contribution in [0, 0.1) is 5.21 Å². The SMILES string of the molecule is O=C1CN(S(=O)(=O)c2ccc[n+]([O-])c2)C2CCNC12. The first-order chi connectivity index (χ1) is 9.00. The first-order valence-corrected chi connectivity index (χ1v) is 7.41. The summed E-state index contributed by atoms with van der Waals surface area (Å²) in [5.74, 6) is -0.114. The second-order valence-electron chi connectivity index (χ2n) is 4.70. The van der Waals surface area contributed by atoms with E-state index in [2.05, 4.69) is 5.32 Å². The molecular weight excluding hydrogens is 270 g/mol. The van der Waals surface area contributed by atoms with Crippen molar-refractivity contribution in [3.05, 3.63) is 29.7 Å². The van der Waals surface area contributed by atoms with Gasteiger partial charge in [-0.3, -0.25) is 4.79 Å². The molecule has 0 spiro atoms. The van der Waals surface area contributed by atoms with Gasteiger partial charge in [-0.15, -0.1) is 0 Å². The van der Waals surface area contributed by atoms with Crippen molar-refractivity contribution in [3.63, 3.8) is 0 Å². The third-order valence-electron chi connectivity index (χ3n) is 3.57. The molecule has 1 aromatic heterocycles. The van der Waals surface area contributed by atoms with Crippen LogP contribution in [0.3, 0.4) is 0 Å². The topological polar surface area (TPSA) is 93.4 Å². The zero-order valence-electron chi connectivity index (χ0n) is 10.0. The third kappa shape index (κ3) is 1.92. The molecule has 2 saturated heterocycles. The largest absolute Gasteiger partial charge is 0.619 e. The van der Waals surface area contributed by atoms with Gasteiger partial charge < -0.3 is 10.5 Å². The Balaban J connectivity index is 1.99. The molecule has 0 aromatic carbocycles. The van der Waals surface area contributed by atoms with Gasteiger partial charge in [-0.1, -0.05) is 0 Å². The highest BCUT2D eigenvalue weighted by Gasteiger charge is 2.49. The van der Waals surface area contributed by atoms with Crippen LogP contribution in [0.4, 0.5) is 0 Å². The molecule has 3 heterocycles. The number of Topliss-reactive ketones (excluding diaryl/α,β-unsaturated/α-hetero) is 1. The molecular formula is C11H13N3O4S. The minimum Gasteiger partial charge on any atom is -0.619 e. The van der Waals surface area contributed by atoms with Gasteiger partial charge in [0.05, 0.1) is 12.6 Å². The van der Waals surface area contributed by atoms with Gasteiger partial charge in [-0.25, -0.2) is 8.42 Å². The van der Waals surface area contributed by atoms with Crippen molar-refractivity contribution in [2.45, 2.75) is 23.4 Å². The van der Waals surface area contributed by atoms with E-state index in [0.29, 0.717) is 17.7 Å². The maximum atomic E-state index is 12.5. The summed E-state index contributed by atoms with van der Waals surface area (Å²) in [5.41, 5.74) is 0. The monoisotopic (exact) mass is 283 g/mol. The van der Waals surface area contributed by atoms with E-state index >= 15 is 0 Å². The Bertz CT molecular complexity index is 631. The third-order valence-corrected chi connectivity index (χ3v) is 5.43. The van der Waals surface area contributed by atoms with Crippen LogP contribution in [0.15, 0.2) is 29.4 Å². The summed E-state index contributed by atoms with van der Waals surface area (Å²) in [6.45, 7) is 0.502. The van der Waals surface area contributed by atoms with Crippen molar-refractivity contribution >= 4 is 15.8 Å². The first kappa shape index (κ1) is 12.5. The zero-order valence-corrected chi connectivity index (χ0v) is 10.8. The van der Waals surface area contributed by atoms with Crippen molar-refractivity contribution < 1.29 is 17.9 Å². The van der Waals surface area contributed by atoms with Crippen molar-refractivity contribution in [2.24, 2.45) is 0 Å². The fourth-order valence-corrected chi connectivity index (χ4v) is 4.32. The van der Waals surface area contributed by atoms with E-state index in [1.165, 1.54) is 22.6 Å². The highest BCUT2D eigenvalue weighted by molar-refractivity contribution is 7.89. The van der Waals surface area contributed by atoms with Crippen molar-refractivity contribution in [2.75, 3.05) is 13.1 Å². The summed E-state index contributed by atoms with van der Waals surface area (Å²) in [7, 11) is -3.80. The fraction of sp³-hybridized carbons (Fsp3) is 0.455. The van der Waals surface area contributed by atoms with Crippen molar-refractivity contribution in [3.8, 4) is 0 Å². The van der Waals surface area contributed by atoms with E-state index in [0.717, 1.165) is 6.20 Å². The van der Waals surface area contributed by atoms with Gasteiger partial charge in [0.25, 0.3) is 0 Å². The van der Waals surface area contributed by atoms with Crippen LogP contribution >= 0.6 is 0 Å². The maximum absolute atomic E-state index is 12.5. The molecule has 0 radical (unpaired) electrons. The molecule has 8 heteroatoms. The van der Waals surface area contributed by atoms with Gasteiger partial charge in [0, 0.05) is 12.1 Å². The fourth-order valence-electron chi connectivity index (χ4n) is 2.68. The molecule has 102 valence electrons. The molecule has 1 aromatic rings. The number of hydrogen-bond acceptors (Lipinski definition) is 5. The molecule has 2 aliphatic heterocycles. The lowest BCUT2D eigenvalue weighted by Crippen LogP contribution is -2.39. The van der Waals surface area contributed by atoms with Gasteiger partial charge >= 0.3 is 0 Å². The molecule has 0 amide bonds. The number of fused-ring (bicyclic) bond motifs is 1. The van der Waals surface area contributed by atoms with E-state index in [4.69, 9.17) is 0 Å². The average molecular weight is 283 g/mol. The molecule has 0 bridgehead atoms. The lowest BCUT2D eigenvalue weighted by molar-refractivity contribution is -0.607. The molecule has 0 aliphatic carbocycles. The summed E-state index contributed by atoms with van der Waals surface area (Å²) < 4.78 is 26.6. The van der Waals surface area contributed by atoms with Crippen LogP contribution < -0.4 is 10.0 Å². The minimum absolute atomic E-state index is 0.0784. The smallest absolute Gasteiger partial charge is 0.249 e. The Hall–Kier alpha value is -1.51. The highest BCUT2D eigenvalue weighted by atomic mass is 32.2. The van der Waals surface area contributed by atoms with E-state index in [1.54, 1.807) is 0 Å². The number of carbonyl (C=O) groups is 1. The Labute approximate surface area is 110 Å². The van der Waals surface area contributed by atoms with E-state index in [-0.39, 0.29) is 23.3 Å². The zero-order chi connectivity index (χ0) is 13.6. The van der Waals surface area contributed by atoms with E-state index < -0.39 is 16.1 Å². The van der Waals surface area contributed by atoms with Gasteiger partial charge in [-0.05, 0) is 19.0 Å². The Morgan fingerprint density at radius 3 is 3.00 bits per heavy atom. The first-order valence-electron chi connectivity index (χ1n) is 5.97. The van der Waals surface area contributed by atoms with Gasteiger partial charge in [0.1, 0.15) is 4.90 Å². The number of nitrogens with zero attached hydrogens (tertiary/aromatic N) is 2. The Morgan fingerprint density at radius 2 is 2.26 bits per heavy atom. The number of hydrogen-bond donors (Lipinski definition) is 1. The quantitative estimate of drug-likeness (QED) is 0.533. The maximum Gasteiger partial charge on any atom is 0.249 e. The van der Waals surface area contributed by atoms with Crippen LogP contribution in [-0.4, -0.2) is 43.7 Å². The summed E-state index contributed by atoms with van der Waals surface area (Å²) in [6, 6.07) is 2.00. The predicted molar refractivity (Wildman–Crippen MR) is 64.5 cm³/mol. The molecule has 0 saturated carbocycles. The van der Waals surface area contributed by atoms with Gasteiger partial charge in [0.2, 0.25) is 10.0 Å². The lowest BCUT2D eigenvalue weighted by atomic mass is 10.1. The molecule has 2 aliphatic rings. The Kier molecular flexibility index (Phi) is 2.80. The van der Waals surface area contributed by atoms with Crippen molar-refractivity contribution in [1.82, 2.24) is 9.62 Å². The predicted octanol–water partition coefficient (Wildman–Crippen LogP) is -1.38. The number of rotatable bonds is 2. The molecule has 2 unspecified atom stereocenters. The van der Waals surface area contributed by atoms with Crippen LogP contribution in [-0.2, 0) is 14.8 Å². The molecule has 2 fully saturated rings. The lowest BCUT2D eigenvalue weighted by Gasteiger charge is -2.21. The van der Waals surface area contributed by atoms with Gasteiger partial charge in [0.15, 0.2) is 18.2 Å². The summed E-state index contributed by atoms with van der Waals surface area (Å²) in [5, 5.41) is 14.2. The second kappa shape index (κ2) is 4.26. The van der Waals surface area contributed by atoms with E-state index in [9.17, 15) is 18.4 Å². The highest BCUT2D eigenvalue weighted by Crippen LogP contribution is 2.28. The molecule has 2 atom stereocenters. The standard InChI is InChI=1S/C11H13N3O4S/c15-10-7-14(9-3-4-12-11(9)10)19(17,18)8-2-1-5-13(16)6-8/h1-2,5-6,9,11-12H,3-4,7H2. The molecule has 19 heavy (non-hydrogen) atoms. The number of sulfonamides is 1. The number of carbonyl (C=O) groups excluding carboxylic acids is 1. The summed E-state index contributed by atoms with van der Waals surface area (Å²) in [6.07, 6.45) is 2.84. The number of pyridine rings is 1. The second-order valence-corrected chi connectivity index (χ2v) is 6.59. The summed E-state index contributed by atoms with van der Waals surface area (Å²) in [4.78, 5) is 11.7.